The zero-order valence-electron chi connectivity index (χ0n) is 12.2. The molecule has 2 aliphatic rings. The molecule has 20 heavy (non-hydrogen) atoms. The van der Waals surface area contributed by atoms with E-state index in [4.69, 9.17) is 21.1 Å². The number of likely N-dealkylation sites (tertiary alicyclic amines) is 1. The molecule has 1 aliphatic carbocycles. The van der Waals surface area contributed by atoms with Crippen molar-refractivity contribution in [3.63, 3.8) is 0 Å². The Kier molecular flexibility index (Phi) is 4.47. The first-order chi connectivity index (χ1) is 9.31. The molecule has 1 amide bonds. The third-order valence-corrected chi connectivity index (χ3v) is 4.12. The average molecular weight is 304 g/mol. The van der Waals surface area contributed by atoms with Gasteiger partial charge in [-0.3, -0.25) is 4.79 Å². The van der Waals surface area contributed by atoms with Crippen molar-refractivity contribution in [1.82, 2.24) is 4.90 Å². The van der Waals surface area contributed by atoms with Crippen molar-refractivity contribution in [3.05, 3.63) is 0 Å². The number of amides is 1. The van der Waals surface area contributed by atoms with Crippen molar-refractivity contribution < 1.29 is 19.1 Å². The van der Waals surface area contributed by atoms with Crippen molar-refractivity contribution in [2.45, 2.75) is 39.2 Å². The van der Waals surface area contributed by atoms with E-state index in [1.54, 1.807) is 4.90 Å². The Morgan fingerprint density at radius 1 is 1.25 bits per heavy atom. The number of carbonyl (C=O) groups excluding carboxylic acids is 2. The van der Waals surface area contributed by atoms with E-state index in [1.807, 2.05) is 20.8 Å². The number of esters is 1. The van der Waals surface area contributed by atoms with Gasteiger partial charge >= 0.3 is 12.1 Å². The van der Waals surface area contributed by atoms with Gasteiger partial charge in [-0.05, 0) is 45.4 Å². The monoisotopic (exact) mass is 303 g/mol. The predicted molar refractivity (Wildman–Crippen MR) is 74.3 cm³/mol. The molecule has 2 fully saturated rings. The number of carbonyl (C=O) groups is 2. The Labute approximate surface area is 124 Å². The van der Waals surface area contributed by atoms with Crippen molar-refractivity contribution in [1.29, 1.82) is 0 Å². The molecular formula is C14H22ClNO4. The standard InChI is InChI=1S/C14H22ClNO4/c1-14(2,3)20-13(18)16-6-9-4-5-10(11(9)7-16)12(17)19-8-15/h9-11H,4-8H2,1-3H3. The third kappa shape index (κ3) is 3.37. The Morgan fingerprint density at radius 3 is 2.55 bits per heavy atom. The first-order valence-electron chi connectivity index (χ1n) is 7.02. The number of hydrogen-bond acceptors (Lipinski definition) is 4. The molecule has 3 atom stereocenters. The third-order valence-electron chi connectivity index (χ3n) is 4.01. The van der Waals surface area contributed by atoms with Gasteiger partial charge in [0.15, 0.2) is 6.07 Å². The normalized spacial score (nSPS) is 29.2. The smallest absolute Gasteiger partial charge is 0.410 e. The lowest BCUT2D eigenvalue weighted by atomic mass is 9.92. The molecule has 3 unspecified atom stereocenters. The maximum Gasteiger partial charge on any atom is 0.410 e. The van der Waals surface area contributed by atoms with Crippen molar-refractivity contribution in [3.8, 4) is 0 Å². The summed E-state index contributed by atoms with van der Waals surface area (Å²) in [5.74, 6) is 0.179. The molecule has 0 aromatic carbocycles. The van der Waals surface area contributed by atoms with Crippen LogP contribution in [0.2, 0.25) is 0 Å². The highest BCUT2D eigenvalue weighted by Crippen LogP contribution is 2.43. The zero-order chi connectivity index (χ0) is 14.9. The Hall–Kier alpha value is -0.970. The SMILES string of the molecule is CC(C)(C)OC(=O)N1CC2CCC(C(=O)OCCl)C2C1. The Morgan fingerprint density at radius 2 is 1.95 bits per heavy atom. The van der Waals surface area contributed by atoms with E-state index in [0.717, 1.165) is 12.8 Å². The highest BCUT2D eigenvalue weighted by molar-refractivity contribution is 6.17. The molecule has 0 spiro atoms. The fourth-order valence-corrected chi connectivity index (χ4v) is 3.30. The maximum atomic E-state index is 12.1. The van der Waals surface area contributed by atoms with Gasteiger partial charge in [-0.15, -0.1) is 0 Å². The Balaban J connectivity index is 1.95. The Bertz CT molecular complexity index is 393. The van der Waals surface area contributed by atoms with Crippen LogP contribution >= 0.6 is 11.6 Å². The minimum absolute atomic E-state index is 0.109. The summed E-state index contributed by atoms with van der Waals surface area (Å²) in [5, 5.41) is 0. The molecule has 0 radical (unpaired) electrons. The zero-order valence-corrected chi connectivity index (χ0v) is 13.0. The number of nitrogens with zero attached hydrogens (tertiary/aromatic N) is 1. The number of hydrogen-bond donors (Lipinski definition) is 0. The lowest BCUT2D eigenvalue weighted by molar-refractivity contribution is -0.147. The fraction of sp³-hybridized carbons (Fsp3) is 0.857. The number of fused-ring (bicyclic) bond motifs is 1. The molecule has 1 heterocycles. The van der Waals surface area contributed by atoms with Crippen LogP contribution in [-0.2, 0) is 14.3 Å². The summed E-state index contributed by atoms with van der Waals surface area (Å²) < 4.78 is 10.3. The van der Waals surface area contributed by atoms with Crippen molar-refractivity contribution in [2.75, 3.05) is 19.2 Å². The van der Waals surface area contributed by atoms with Gasteiger partial charge in [0.2, 0.25) is 0 Å². The minimum atomic E-state index is -0.494. The summed E-state index contributed by atoms with van der Waals surface area (Å²) >= 11 is 5.44. The average Bonchev–Trinajstić information content (AvgIpc) is 2.85. The molecular weight excluding hydrogens is 282 g/mol. The summed E-state index contributed by atoms with van der Waals surface area (Å²) in [6, 6.07) is -0.109. The van der Waals surface area contributed by atoms with Gasteiger partial charge in [-0.25, -0.2) is 4.79 Å². The van der Waals surface area contributed by atoms with Crippen molar-refractivity contribution >= 4 is 23.7 Å². The second kappa shape index (κ2) is 5.80. The van der Waals surface area contributed by atoms with Crippen molar-refractivity contribution in [2.24, 2.45) is 17.8 Å². The molecule has 6 heteroatoms. The second-order valence-corrected chi connectivity index (χ2v) is 6.78. The molecule has 1 saturated heterocycles. The molecule has 0 aromatic rings. The first kappa shape index (κ1) is 15.4. The van der Waals surface area contributed by atoms with E-state index in [0.29, 0.717) is 19.0 Å². The van der Waals surface area contributed by atoms with E-state index < -0.39 is 5.60 Å². The lowest BCUT2D eigenvalue weighted by Gasteiger charge is -2.25. The summed E-state index contributed by atoms with van der Waals surface area (Å²) in [6.45, 7) is 6.79. The lowest BCUT2D eigenvalue weighted by Crippen LogP contribution is -2.36. The maximum absolute atomic E-state index is 12.1. The van der Waals surface area contributed by atoms with Gasteiger partial charge in [0.1, 0.15) is 5.60 Å². The van der Waals surface area contributed by atoms with Gasteiger partial charge in [0.25, 0.3) is 0 Å². The van der Waals surface area contributed by atoms with Crippen LogP contribution < -0.4 is 0 Å². The number of alkyl halides is 1. The van der Waals surface area contributed by atoms with Crippen LogP contribution in [0.1, 0.15) is 33.6 Å². The second-order valence-electron chi connectivity index (χ2n) is 6.57. The topological polar surface area (TPSA) is 55.8 Å². The summed E-state index contributed by atoms with van der Waals surface area (Å²) in [6.07, 6.45) is 1.48. The van der Waals surface area contributed by atoms with Crippen LogP contribution in [0.5, 0.6) is 0 Å². The molecule has 114 valence electrons. The molecule has 0 bridgehead atoms. The molecule has 2 rings (SSSR count). The van der Waals surface area contributed by atoms with Crippen LogP contribution in [-0.4, -0.2) is 41.7 Å². The number of rotatable bonds is 2. The van der Waals surface area contributed by atoms with Gasteiger partial charge < -0.3 is 14.4 Å². The van der Waals surface area contributed by atoms with Crippen LogP contribution in [0.4, 0.5) is 4.79 Å². The fourth-order valence-electron chi connectivity index (χ4n) is 3.19. The molecule has 0 N–H and O–H groups in total. The molecule has 0 aromatic heterocycles. The largest absolute Gasteiger partial charge is 0.449 e. The predicted octanol–water partition coefficient (Wildman–Crippen LogP) is 2.62. The van der Waals surface area contributed by atoms with E-state index in [2.05, 4.69) is 0 Å². The van der Waals surface area contributed by atoms with Gasteiger partial charge in [0.05, 0.1) is 5.92 Å². The van der Waals surface area contributed by atoms with E-state index in [-0.39, 0.29) is 30.0 Å². The summed E-state index contributed by atoms with van der Waals surface area (Å²) in [5.41, 5.74) is -0.494. The van der Waals surface area contributed by atoms with Gasteiger partial charge in [-0.2, -0.15) is 0 Å². The van der Waals surface area contributed by atoms with Crippen LogP contribution in [0.3, 0.4) is 0 Å². The van der Waals surface area contributed by atoms with Crippen LogP contribution in [0.15, 0.2) is 0 Å². The van der Waals surface area contributed by atoms with Gasteiger partial charge in [-0.1, -0.05) is 11.6 Å². The molecule has 5 nitrogen and oxygen atoms in total. The van der Waals surface area contributed by atoms with Gasteiger partial charge in [0, 0.05) is 13.1 Å². The van der Waals surface area contributed by atoms with E-state index in [9.17, 15) is 9.59 Å². The summed E-state index contributed by atoms with van der Waals surface area (Å²) in [4.78, 5) is 25.6. The van der Waals surface area contributed by atoms with E-state index in [1.165, 1.54) is 0 Å². The van der Waals surface area contributed by atoms with Crippen LogP contribution in [0.25, 0.3) is 0 Å². The highest BCUT2D eigenvalue weighted by atomic mass is 35.5. The van der Waals surface area contributed by atoms with E-state index >= 15 is 0 Å². The quantitative estimate of drug-likeness (QED) is 0.581. The number of ether oxygens (including phenoxy) is 2. The molecule has 1 aliphatic heterocycles. The molecule has 1 saturated carbocycles. The first-order valence-corrected chi connectivity index (χ1v) is 7.56. The highest BCUT2D eigenvalue weighted by Gasteiger charge is 2.48. The summed E-state index contributed by atoms with van der Waals surface area (Å²) in [7, 11) is 0. The minimum Gasteiger partial charge on any atom is -0.449 e. The number of halogens is 1. The van der Waals surface area contributed by atoms with Crippen LogP contribution in [0, 0.1) is 17.8 Å².